The summed E-state index contributed by atoms with van der Waals surface area (Å²) in [6, 6.07) is 9.64. The minimum atomic E-state index is -0.0770. The molecule has 0 aliphatic carbocycles. The van der Waals surface area contributed by atoms with E-state index in [4.69, 9.17) is 4.74 Å². The summed E-state index contributed by atoms with van der Waals surface area (Å²) in [5.41, 5.74) is 0.707. The van der Waals surface area contributed by atoms with Gasteiger partial charge in [0.1, 0.15) is 17.4 Å². The normalized spacial score (nSPS) is 11.5. The van der Waals surface area contributed by atoms with Crippen molar-refractivity contribution >= 4 is 17.2 Å². The monoisotopic (exact) mass is 347 g/mol. The molecular weight excluding hydrogens is 322 g/mol. The third-order valence-electron chi connectivity index (χ3n) is 3.98. The fourth-order valence-corrected chi connectivity index (χ4v) is 2.56. The van der Waals surface area contributed by atoms with E-state index >= 15 is 0 Å². The SMILES string of the molecule is CN(C)C(C)(C)CNC(=O)Cc1csc(COc2ccccc2)n1. The minimum Gasteiger partial charge on any atom is -0.486 e. The van der Waals surface area contributed by atoms with Crippen molar-refractivity contribution in [2.24, 2.45) is 0 Å². The zero-order valence-corrected chi connectivity index (χ0v) is 15.5. The molecule has 0 bridgehead atoms. The van der Waals surface area contributed by atoms with Crippen molar-refractivity contribution in [1.82, 2.24) is 15.2 Å². The molecule has 1 aromatic carbocycles. The van der Waals surface area contributed by atoms with Crippen LogP contribution in [0.4, 0.5) is 0 Å². The molecule has 2 aromatic rings. The van der Waals surface area contributed by atoms with E-state index in [1.165, 1.54) is 11.3 Å². The summed E-state index contributed by atoms with van der Waals surface area (Å²) in [6.07, 6.45) is 0.297. The Morgan fingerprint density at radius 1 is 1.29 bits per heavy atom. The molecular formula is C18H25N3O2S. The van der Waals surface area contributed by atoms with Gasteiger partial charge in [-0.15, -0.1) is 11.3 Å². The van der Waals surface area contributed by atoms with Gasteiger partial charge in [-0.1, -0.05) is 18.2 Å². The number of rotatable bonds is 8. The zero-order chi connectivity index (χ0) is 17.6. The van der Waals surface area contributed by atoms with Gasteiger partial charge in [0.25, 0.3) is 0 Å². The number of likely N-dealkylation sites (N-methyl/N-ethyl adjacent to an activating group) is 1. The van der Waals surface area contributed by atoms with Crippen LogP contribution in [-0.2, 0) is 17.8 Å². The zero-order valence-electron chi connectivity index (χ0n) is 14.7. The number of nitrogens with one attached hydrogen (secondary N) is 1. The number of hydrogen-bond acceptors (Lipinski definition) is 5. The topological polar surface area (TPSA) is 54.5 Å². The number of ether oxygens (including phenoxy) is 1. The molecule has 0 fully saturated rings. The third-order valence-corrected chi connectivity index (χ3v) is 4.85. The largest absolute Gasteiger partial charge is 0.486 e. The predicted octanol–water partition coefficient (Wildman–Crippen LogP) is 2.72. The molecule has 1 N–H and O–H groups in total. The first-order chi connectivity index (χ1) is 11.4. The summed E-state index contributed by atoms with van der Waals surface area (Å²) in [5, 5.41) is 5.76. The predicted molar refractivity (Wildman–Crippen MR) is 97.4 cm³/mol. The standard InChI is InChI=1S/C18H25N3O2S/c1-18(2,21(3)4)13-19-16(22)10-14-12-24-17(20-14)11-23-15-8-6-5-7-9-15/h5-9,12H,10-11,13H2,1-4H3,(H,19,22). The van der Waals surface area contributed by atoms with Crippen molar-refractivity contribution in [1.29, 1.82) is 0 Å². The maximum Gasteiger partial charge on any atom is 0.226 e. The number of aromatic nitrogens is 1. The highest BCUT2D eigenvalue weighted by atomic mass is 32.1. The van der Waals surface area contributed by atoms with Crippen molar-refractivity contribution < 1.29 is 9.53 Å². The molecule has 130 valence electrons. The number of amides is 1. The van der Waals surface area contributed by atoms with Crippen LogP contribution in [0, 0.1) is 0 Å². The molecule has 0 atom stereocenters. The number of nitrogens with zero attached hydrogens (tertiary/aromatic N) is 2. The summed E-state index contributed by atoms with van der Waals surface area (Å²) < 4.78 is 5.67. The van der Waals surface area contributed by atoms with Crippen LogP contribution < -0.4 is 10.1 Å². The second-order valence-electron chi connectivity index (χ2n) is 6.49. The van der Waals surface area contributed by atoms with Gasteiger partial charge < -0.3 is 15.0 Å². The van der Waals surface area contributed by atoms with E-state index in [-0.39, 0.29) is 11.4 Å². The van der Waals surface area contributed by atoms with Gasteiger partial charge in [-0.25, -0.2) is 4.98 Å². The fraction of sp³-hybridized carbons (Fsp3) is 0.444. The van der Waals surface area contributed by atoms with Gasteiger partial charge in [0, 0.05) is 17.5 Å². The first-order valence-electron chi connectivity index (χ1n) is 7.92. The Kier molecular flexibility index (Phi) is 6.34. The van der Waals surface area contributed by atoms with E-state index in [0.29, 0.717) is 19.6 Å². The van der Waals surface area contributed by atoms with Gasteiger partial charge in [-0.2, -0.15) is 0 Å². The van der Waals surface area contributed by atoms with Crippen molar-refractivity contribution in [2.45, 2.75) is 32.4 Å². The summed E-state index contributed by atoms with van der Waals surface area (Å²) in [4.78, 5) is 18.6. The Hall–Kier alpha value is -1.92. The lowest BCUT2D eigenvalue weighted by Crippen LogP contribution is -2.48. The third kappa shape index (κ3) is 5.62. The number of para-hydroxylation sites is 1. The Balaban J connectivity index is 1.79. The van der Waals surface area contributed by atoms with E-state index in [2.05, 4.69) is 29.0 Å². The molecule has 24 heavy (non-hydrogen) atoms. The Labute approximate surface area is 147 Å². The second-order valence-corrected chi connectivity index (χ2v) is 7.44. The lowest BCUT2D eigenvalue weighted by atomic mass is 10.0. The molecule has 1 aromatic heterocycles. The maximum atomic E-state index is 12.1. The fourth-order valence-electron chi connectivity index (χ4n) is 1.86. The van der Waals surface area contributed by atoms with Crippen LogP contribution in [0.15, 0.2) is 35.7 Å². The Morgan fingerprint density at radius 3 is 2.67 bits per heavy atom. The average molecular weight is 347 g/mol. The first kappa shape index (κ1) is 18.4. The van der Waals surface area contributed by atoms with Crippen LogP contribution in [-0.4, -0.2) is 42.0 Å². The molecule has 0 saturated heterocycles. The molecule has 5 nitrogen and oxygen atoms in total. The highest BCUT2D eigenvalue weighted by molar-refractivity contribution is 7.09. The molecule has 6 heteroatoms. The van der Waals surface area contributed by atoms with E-state index < -0.39 is 0 Å². The maximum absolute atomic E-state index is 12.1. The van der Waals surface area contributed by atoms with Gasteiger partial charge in [0.15, 0.2) is 0 Å². The van der Waals surface area contributed by atoms with Crippen LogP contribution in [0.5, 0.6) is 5.75 Å². The number of benzene rings is 1. The minimum absolute atomic E-state index is 0.00856. The van der Waals surface area contributed by atoms with Crippen molar-refractivity contribution in [3.05, 3.63) is 46.4 Å². The summed E-state index contributed by atoms with van der Waals surface area (Å²) >= 11 is 1.51. The van der Waals surface area contributed by atoms with Crippen molar-refractivity contribution in [3.63, 3.8) is 0 Å². The lowest BCUT2D eigenvalue weighted by Gasteiger charge is -2.32. The van der Waals surface area contributed by atoms with Crippen LogP contribution in [0.1, 0.15) is 24.5 Å². The molecule has 0 aliphatic rings. The average Bonchev–Trinajstić information content (AvgIpc) is 2.99. The Bertz CT molecular complexity index is 653. The highest BCUT2D eigenvalue weighted by Gasteiger charge is 2.21. The van der Waals surface area contributed by atoms with Gasteiger partial charge in [-0.3, -0.25) is 4.79 Å². The highest BCUT2D eigenvalue weighted by Crippen LogP contribution is 2.15. The Morgan fingerprint density at radius 2 is 2.00 bits per heavy atom. The molecule has 0 aliphatic heterocycles. The molecule has 0 saturated carbocycles. The quantitative estimate of drug-likeness (QED) is 0.798. The van der Waals surface area contributed by atoms with Crippen LogP contribution in [0.25, 0.3) is 0 Å². The molecule has 0 spiro atoms. The van der Waals surface area contributed by atoms with Gasteiger partial charge in [-0.05, 0) is 40.1 Å². The molecule has 0 radical (unpaired) electrons. The van der Waals surface area contributed by atoms with E-state index in [0.717, 1.165) is 16.5 Å². The van der Waals surface area contributed by atoms with Gasteiger partial charge in [0.05, 0.1) is 12.1 Å². The first-order valence-corrected chi connectivity index (χ1v) is 8.80. The molecule has 1 amide bonds. The second kappa shape index (κ2) is 8.26. The van der Waals surface area contributed by atoms with Gasteiger partial charge >= 0.3 is 0 Å². The van der Waals surface area contributed by atoms with E-state index in [1.54, 1.807) is 0 Å². The van der Waals surface area contributed by atoms with Crippen LogP contribution in [0.3, 0.4) is 0 Å². The molecule has 0 unspecified atom stereocenters. The van der Waals surface area contributed by atoms with E-state index in [9.17, 15) is 4.79 Å². The number of thiazole rings is 1. The van der Waals surface area contributed by atoms with Crippen molar-refractivity contribution in [3.8, 4) is 5.75 Å². The number of hydrogen-bond donors (Lipinski definition) is 1. The summed E-state index contributed by atoms with van der Waals surface area (Å²) in [7, 11) is 4.01. The summed E-state index contributed by atoms with van der Waals surface area (Å²) in [6.45, 7) is 5.21. The molecule has 2 rings (SSSR count). The smallest absolute Gasteiger partial charge is 0.226 e. The van der Waals surface area contributed by atoms with E-state index in [1.807, 2.05) is 49.8 Å². The van der Waals surface area contributed by atoms with Gasteiger partial charge in [0.2, 0.25) is 5.91 Å². The molecule has 1 heterocycles. The number of carbonyl (C=O) groups is 1. The van der Waals surface area contributed by atoms with Crippen LogP contribution >= 0.6 is 11.3 Å². The van der Waals surface area contributed by atoms with Crippen molar-refractivity contribution in [2.75, 3.05) is 20.6 Å². The van der Waals surface area contributed by atoms with Crippen LogP contribution in [0.2, 0.25) is 0 Å². The lowest BCUT2D eigenvalue weighted by molar-refractivity contribution is -0.121. The number of carbonyl (C=O) groups excluding carboxylic acids is 1. The summed E-state index contributed by atoms with van der Waals surface area (Å²) in [5.74, 6) is 0.809.